The van der Waals surface area contributed by atoms with Crippen molar-refractivity contribution in [2.45, 2.75) is 6.92 Å². The molecule has 3 rings (SSSR count). The standard InChI is InChI=1S/C15H19N5O2/c1-11-9-14(18-22-11)17-15(21)13-4-3-12(10-16-13)20-7-5-19(2)6-8-20/h3-4,9-10H,5-8H2,1-2H3,(H,17,18,21). The molecule has 0 bridgehead atoms. The number of aromatic nitrogens is 2. The lowest BCUT2D eigenvalue weighted by molar-refractivity contribution is 0.102. The van der Waals surface area contributed by atoms with Gasteiger partial charge < -0.3 is 19.6 Å². The summed E-state index contributed by atoms with van der Waals surface area (Å²) in [5.74, 6) is 0.749. The summed E-state index contributed by atoms with van der Waals surface area (Å²) < 4.78 is 4.91. The highest BCUT2D eigenvalue weighted by atomic mass is 16.5. The highest BCUT2D eigenvalue weighted by molar-refractivity contribution is 6.02. The second-order valence-electron chi connectivity index (χ2n) is 5.47. The van der Waals surface area contributed by atoms with Gasteiger partial charge in [0, 0.05) is 32.2 Å². The number of amides is 1. The number of hydrogen-bond acceptors (Lipinski definition) is 6. The number of hydrogen-bond donors (Lipinski definition) is 1. The Balaban J connectivity index is 1.64. The van der Waals surface area contributed by atoms with Crippen LogP contribution in [-0.2, 0) is 0 Å². The largest absolute Gasteiger partial charge is 0.368 e. The van der Waals surface area contributed by atoms with Crippen LogP contribution >= 0.6 is 0 Å². The molecule has 0 saturated carbocycles. The van der Waals surface area contributed by atoms with Gasteiger partial charge >= 0.3 is 0 Å². The fourth-order valence-corrected chi connectivity index (χ4v) is 2.38. The van der Waals surface area contributed by atoms with Crippen LogP contribution in [0.5, 0.6) is 0 Å². The van der Waals surface area contributed by atoms with E-state index in [1.165, 1.54) is 0 Å². The van der Waals surface area contributed by atoms with Crippen molar-refractivity contribution in [3.63, 3.8) is 0 Å². The third kappa shape index (κ3) is 3.25. The first kappa shape index (κ1) is 14.5. The summed E-state index contributed by atoms with van der Waals surface area (Å²) >= 11 is 0. The van der Waals surface area contributed by atoms with Crippen LogP contribution in [0.2, 0.25) is 0 Å². The Hall–Kier alpha value is -2.41. The van der Waals surface area contributed by atoms with Gasteiger partial charge in [-0.2, -0.15) is 0 Å². The van der Waals surface area contributed by atoms with E-state index >= 15 is 0 Å². The van der Waals surface area contributed by atoms with Crippen molar-refractivity contribution >= 4 is 17.4 Å². The van der Waals surface area contributed by atoms with Crippen molar-refractivity contribution in [1.29, 1.82) is 0 Å². The van der Waals surface area contributed by atoms with Crippen molar-refractivity contribution in [2.24, 2.45) is 0 Å². The van der Waals surface area contributed by atoms with Crippen LogP contribution < -0.4 is 10.2 Å². The van der Waals surface area contributed by atoms with Crippen LogP contribution in [0.1, 0.15) is 16.2 Å². The van der Waals surface area contributed by atoms with Gasteiger partial charge in [0.1, 0.15) is 11.5 Å². The molecule has 0 spiro atoms. The second kappa shape index (κ2) is 6.15. The number of piperazine rings is 1. The summed E-state index contributed by atoms with van der Waals surface area (Å²) in [7, 11) is 2.12. The maximum Gasteiger partial charge on any atom is 0.275 e. The van der Waals surface area contributed by atoms with Crippen molar-refractivity contribution < 1.29 is 9.32 Å². The van der Waals surface area contributed by atoms with Gasteiger partial charge in [-0.15, -0.1) is 0 Å². The van der Waals surface area contributed by atoms with Gasteiger partial charge in [-0.1, -0.05) is 5.16 Å². The molecule has 0 radical (unpaired) electrons. The van der Waals surface area contributed by atoms with Gasteiger partial charge in [0.2, 0.25) is 0 Å². The summed E-state index contributed by atoms with van der Waals surface area (Å²) in [5, 5.41) is 6.39. The van der Waals surface area contributed by atoms with Crippen molar-refractivity contribution in [3.8, 4) is 0 Å². The maximum atomic E-state index is 12.1. The molecule has 2 aromatic heterocycles. The number of aryl methyl sites for hydroxylation is 1. The average molecular weight is 301 g/mol. The van der Waals surface area contributed by atoms with E-state index in [0.29, 0.717) is 17.3 Å². The Bertz CT molecular complexity index is 644. The highest BCUT2D eigenvalue weighted by Gasteiger charge is 2.16. The summed E-state index contributed by atoms with van der Waals surface area (Å²) in [6, 6.07) is 5.33. The average Bonchev–Trinajstić information content (AvgIpc) is 2.93. The normalized spacial score (nSPS) is 15.8. The SMILES string of the molecule is Cc1cc(NC(=O)c2ccc(N3CCN(C)CC3)cn2)no1. The fourth-order valence-electron chi connectivity index (χ4n) is 2.38. The summed E-state index contributed by atoms with van der Waals surface area (Å²) in [6.45, 7) is 5.79. The zero-order chi connectivity index (χ0) is 15.5. The molecular weight excluding hydrogens is 282 g/mol. The van der Waals surface area contributed by atoms with Gasteiger partial charge in [0.15, 0.2) is 5.82 Å². The number of carbonyl (C=O) groups is 1. The van der Waals surface area contributed by atoms with Crippen LogP contribution in [0.25, 0.3) is 0 Å². The lowest BCUT2D eigenvalue weighted by Gasteiger charge is -2.33. The molecule has 1 aliphatic rings. The Morgan fingerprint density at radius 1 is 1.27 bits per heavy atom. The number of nitrogens with zero attached hydrogens (tertiary/aromatic N) is 4. The molecule has 1 fully saturated rings. The Morgan fingerprint density at radius 3 is 2.64 bits per heavy atom. The first-order valence-electron chi connectivity index (χ1n) is 7.26. The van der Waals surface area contributed by atoms with E-state index in [-0.39, 0.29) is 5.91 Å². The predicted molar refractivity (Wildman–Crippen MR) is 83.1 cm³/mol. The van der Waals surface area contributed by atoms with Crippen molar-refractivity contribution in [2.75, 3.05) is 43.4 Å². The minimum Gasteiger partial charge on any atom is -0.368 e. The number of likely N-dealkylation sites (N-methyl/N-ethyl adjacent to an activating group) is 1. The van der Waals surface area contributed by atoms with Crippen LogP contribution in [-0.4, -0.2) is 54.2 Å². The molecule has 0 unspecified atom stereocenters. The van der Waals surface area contributed by atoms with Crippen molar-refractivity contribution in [3.05, 3.63) is 35.9 Å². The number of carbonyl (C=O) groups excluding carboxylic acids is 1. The van der Waals surface area contributed by atoms with Crippen LogP contribution in [0.15, 0.2) is 28.9 Å². The Kier molecular flexibility index (Phi) is 4.06. The van der Waals surface area contributed by atoms with Gasteiger partial charge in [0.05, 0.1) is 11.9 Å². The van der Waals surface area contributed by atoms with E-state index in [9.17, 15) is 4.79 Å². The maximum absolute atomic E-state index is 12.1. The molecule has 7 heteroatoms. The van der Waals surface area contributed by atoms with E-state index < -0.39 is 0 Å². The highest BCUT2D eigenvalue weighted by Crippen LogP contribution is 2.16. The van der Waals surface area contributed by atoms with Crippen LogP contribution in [0.4, 0.5) is 11.5 Å². The zero-order valence-corrected chi connectivity index (χ0v) is 12.7. The third-order valence-corrected chi connectivity index (χ3v) is 3.72. The van der Waals surface area contributed by atoms with E-state index in [1.54, 1.807) is 25.3 Å². The lowest BCUT2D eigenvalue weighted by Crippen LogP contribution is -2.44. The molecule has 2 aromatic rings. The molecule has 116 valence electrons. The first-order valence-corrected chi connectivity index (χ1v) is 7.26. The first-order chi connectivity index (χ1) is 10.6. The minimum atomic E-state index is -0.293. The Labute approximate surface area is 128 Å². The minimum absolute atomic E-state index is 0.293. The van der Waals surface area contributed by atoms with Crippen LogP contribution in [0.3, 0.4) is 0 Å². The van der Waals surface area contributed by atoms with Gasteiger partial charge in [-0.05, 0) is 26.1 Å². The third-order valence-electron chi connectivity index (χ3n) is 3.72. The smallest absolute Gasteiger partial charge is 0.275 e. The molecule has 1 N–H and O–H groups in total. The molecule has 1 saturated heterocycles. The number of nitrogens with one attached hydrogen (secondary N) is 1. The summed E-state index contributed by atoms with van der Waals surface area (Å²) in [4.78, 5) is 20.9. The molecule has 1 aliphatic heterocycles. The molecule has 22 heavy (non-hydrogen) atoms. The summed E-state index contributed by atoms with van der Waals surface area (Å²) in [5.41, 5.74) is 1.40. The quantitative estimate of drug-likeness (QED) is 0.923. The van der Waals surface area contributed by atoms with Gasteiger partial charge in [-0.25, -0.2) is 4.98 Å². The fraction of sp³-hybridized carbons (Fsp3) is 0.400. The molecular formula is C15H19N5O2. The molecule has 7 nitrogen and oxygen atoms in total. The Morgan fingerprint density at radius 2 is 2.05 bits per heavy atom. The number of rotatable bonds is 3. The molecule has 3 heterocycles. The predicted octanol–water partition coefficient (Wildman–Crippen LogP) is 1.38. The molecule has 0 aromatic carbocycles. The molecule has 1 amide bonds. The van der Waals surface area contributed by atoms with E-state index in [2.05, 4.69) is 32.3 Å². The van der Waals surface area contributed by atoms with Gasteiger partial charge in [0.25, 0.3) is 5.91 Å². The monoisotopic (exact) mass is 301 g/mol. The van der Waals surface area contributed by atoms with E-state index in [4.69, 9.17) is 4.52 Å². The topological polar surface area (TPSA) is 74.5 Å². The van der Waals surface area contributed by atoms with Crippen LogP contribution in [0, 0.1) is 6.92 Å². The molecule has 0 aliphatic carbocycles. The number of pyridine rings is 1. The van der Waals surface area contributed by atoms with E-state index in [0.717, 1.165) is 31.9 Å². The molecule has 0 atom stereocenters. The number of anilines is 2. The second-order valence-corrected chi connectivity index (χ2v) is 5.47. The van der Waals surface area contributed by atoms with Gasteiger partial charge in [-0.3, -0.25) is 4.79 Å². The lowest BCUT2D eigenvalue weighted by atomic mass is 10.2. The zero-order valence-electron chi connectivity index (χ0n) is 12.7. The van der Waals surface area contributed by atoms with Crippen molar-refractivity contribution in [1.82, 2.24) is 15.0 Å². The van der Waals surface area contributed by atoms with E-state index in [1.807, 2.05) is 6.07 Å². The summed E-state index contributed by atoms with van der Waals surface area (Å²) in [6.07, 6.45) is 1.74.